The number of nitriles is 1. The molecule has 4 heteroatoms. The molecular weight excluding hydrogens is 338 g/mol. The fraction of sp³-hybridized carbons (Fsp3) is 0.261. The molecule has 0 amide bonds. The van der Waals surface area contributed by atoms with Gasteiger partial charge in [0.05, 0.1) is 11.6 Å². The first-order valence-corrected chi connectivity index (χ1v) is 9.06. The average molecular weight is 357 g/mol. The summed E-state index contributed by atoms with van der Waals surface area (Å²) in [6.07, 6.45) is 2.31. The Hall–Kier alpha value is -3.19. The lowest BCUT2D eigenvalue weighted by atomic mass is 9.56. The number of Topliss-reactive ketones (excluding diaryl/α,β-unsaturated/α-hetero) is 1. The predicted octanol–water partition coefficient (Wildman–Crippen LogP) is 4.08. The molecule has 0 saturated heterocycles. The van der Waals surface area contributed by atoms with Crippen molar-refractivity contribution >= 4 is 17.6 Å². The van der Waals surface area contributed by atoms with Crippen molar-refractivity contribution in [2.45, 2.75) is 19.4 Å². The van der Waals surface area contributed by atoms with Crippen molar-refractivity contribution in [1.29, 1.82) is 5.26 Å². The second-order valence-corrected chi connectivity index (χ2v) is 7.15. The van der Waals surface area contributed by atoms with Gasteiger partial charge in [0.1, 0.15) is 18.1 Å². The van der Waals surface area contributed by atoms with E-state index in [0.29, 0.717) is 11.3 Å². The van der Waals surface area contributed by atoms with Gasteiger partial charge in [-0.05, 0) is 23.3 Å². The van der Waals surface area contributed by atoms with E-state index < -0.39 is 17.4 Å². The summed E-state index contributed by atoms with van der Waals surface area (Å²) in [5.74, 6) is -0.451. The van der Waals surface area contributed by atoms with Crippen molar-refractivity contribution in [1.82, 2.24) is 0 Å². The van der Waals surface area contributed by atoms with Crippen LogP contribution >= 0.6 is 0 Å². The van der Waals surface area contributed by atoms with Crippen LogP contribution in [0.5, 0.6) is 5.75 Å². The normalized spacial score (nSPS) is 28.8. The summed E-state index contributed by atoms with van der Waals surface area (Å²) in [6, 6.07) is 19.0. The van der Waals surface area contributed by atoms with Crippen LogP contribution in [-0.2, 0) is 4.79 Å². The molecule has 2 aromatic rings. The van der Waals surface area contributed by atoms with Gasteiger partial charge >= 0.3 is 0 Å². The SMILES string of the molecule is C[C@H]1C=C(c2ccccc2)[C@H](CC=O)[C@@]2(C#N)C(=O)c3ccccc3O[C@@H]12. The van der Waals surface area contributed by atoms with Crippen molar-refractivity contribution in [2.24, 2.45) is 17.3 Å². The van der Waals surface area contributed by atoms with E-state index in [1.165, 1.54) is 0 Å². The summed E-state index contributed by atoms with van der Waals surface area (Å²) in [4.78, 5) is 25.1. The van der Waals surface area contributed by atoms with Crippen LogP contribution in [-0.4, -0.2) is 18.2 Å². The molecule has 4 rings (SSSR count). The number of aldehydes is 1. The molecule has 0 N–H and O–H groups in total. The summed E-state index contributed by atoms with van der Waals surface area (Å²) in [5.41, 5.74) is 0.780. The van der Waals surface area contributed by atoms with Gasteiger partial charge in [-0.3, -0.25) is 4.79 Å². The van der Waals surface area contributed by atoms with Crippen LogP contribution in [0.4, 0.5) is 0 Å². The number of hydrogen-bond donors (Lipinski definition) is 0. The summed E-state index contributed by atoms with van der Waals surface area (Å²) in [6.45, 7) is 1.96. The highest BCUT2D eigenvalue weighted by Crippen LogP contribution is 2.54. The Balaban J connectivity index is 1.95. The van der Waals surface area contributed by atoms with Crippen molar-refractivity contribution in [3.63, 3.8) is 0 Å². The van der Waals surface area contributed by atoms with Crippen LogP contribution in [0.15, 0.2) is 60.7 Å². The number of rotatable bonds is 3. The fourth-order valence-electron chi connectivity index (χ4n) is 4.48. The Morgan fingerprint density at radius 3 is 2.56 bits per heavy atom. The highest BCUT2D eigenvalue weighted by Gasteiger charge is 2.61. The van der Waals surface area contributed by atoms with Crippen LogP contribution in [0, 0.1) is 28.6 Å². The zero-order valence-electron chi connectivity index (χ0n) is 15.0. The Morgan fingerprint density at radius 1 is 1.15 bits per heavy atom. The average Bonchev–Trinajstić information content (AvgIpc) is 2.71. The topological polar surface area (TPSA) is 67.2 Å². The number of ketones is 1. The number of ether oxygens (including phenoxy) is 1. The van der Waals surface area contributed by atoms with E-state index in [-0.39, 0.29) is 18.1 Å². The molecule has 1 aliphatic carbocycles. The summed E-state index contributed by atoms with van der Waals surface area (Å²) in [7, 11) is 0. The van der Waals surface area contributed by atoms with Crippen LogP contribution in [0.1, 0.15) is 29.3 Å². The Bertz CT molecular complexity index is 973. The third-order valence-electron chi connectivity index (χ3n) is 5.68. The van der Waals surface area contributed by atoms with Crippen molar-refractivity contribution in [3.05, 3.63) is 71.8 Å². The van der Waals surface area contributed by atoms with E-state index >= 15 is 0 Å². The molecule has 4 atom stereocenters. The van der Waals surface area contributed by atoms with Gasteiger partial charge in [-0.25, -0.2) is 0 Å². The zero-order valence-corrected chi connectivity index (χ0v) is 15.0. The molecule has 0 bridgehead atoms. The van der Waals surface area contributed by atoms with E-state index in [4.69, 9.17) is 4.74 Å². The number of benzene rings is 2. The molecule has 0 unspecified atom stereocenters. The first kappa shape index (κ1) is 17.2. The predicted molar refractivity (Wildman–Crippen MR) is 101 cm³/mol. The van der Waals surface area contributed by atoms with Crippen LogP contribution in [0.25, 0.3) is 5.57 Å². The van der Waals surface area contributed by atoms with Crippen LogP contribution in [0.2, 0.25) is 0 Å². The van der Waals surface area contributed by atoms with Gasteiger partial charge in [0.25, 0.3) is 0 Å². The number of hydrogen-bond acceptors (Lipinski definition) is 4. The first-order valence-electron chi connectivity index (χ1n) is 9.06. The van der Waals surface area contributed by atoms with E-state index in [0.717, 1.165) is 17.4 Å². The Morgan fingerprint density at radius 2 is 1.85 bits per heavy atom. The molecule has 2 aromatic carbocycles. The minimum Gasteiger partial charge on any atom is -0.487 e. The minimum absolute atomic E-state index is 0.0920. The van der Waals surface area contributed by atoms with Crippen molar-refractivity contribution < 1.29 is 14.3 Å². The molecule has 0 spiro atoms. The van der Waals surface area contributed by atoms with E-state index in [1.807, 2.05) is 49.4 Å². The number of carbonyl (C=O) groups excluding carboxylic acids is 2. The second-order valence-electron chi connectivity index (χ2n) is 7.15. The fourth-order valence-corrected chi connectivity index (χ4v) is 4.48. The lowest BCUT2D eigenvalue weighted by Gasteiger charge is -2.48. The molecule has 0 aromatic heterocycles. The van der Waals surface area contributed by atoms with Crippen molar-refractivity contribution in [3.8, 4) is 11.8 Å². The molecule has 4 nitrogen and oxygen atoms in total. The Labute approximate surface area is 158 Å². The monoisotopic (exact) mass is 357 g/mol. The third-order valence-corrected chi connectivity index (χ3v) is 5.68. The smallest absolute Gasteiger partial charge is 0.191 e. The molecule has 134 valence electrons. The lowest BCUT2D eigenvalue weighted by Crippen LogP contribution is -2.57. The van der Waals surface area contributed by atoms with Gasteiger partial charge in [0.2, 0.25) is 0 Å². The molecule has 0 radical (unpaired) electrons. The summed E-state index contributed by atoms with van der Waals surface area (Å²) < 4.78 is 6.17. The number of fused-ring (bicyclic) bond motifs is 2. The Kier molecular flexibility index (Phi) is 4.16. The van der Waals surface area contributed by atoms with E-state index in [9.17, 15) is 14.9 Å². The molecule has 27 heavy (non-hydrogen) atoms. The van der Waals surface area contributed by atoms with Gasteiger partial charge in [0, 0.05) is 18.3 Å². The van der Waals surface area contributed by atoms with Crippen molar-refractivity contribution in [2.75, 3.05) is 0 Å². The summed E-state index contributed by atoms with van der Waals surface area (Å²) in [5, 5.41) is 10.3. The van der Waals surface area contributed by atoms with Gasteiger partial charge in [-0.2, -0.15) is 5.26 Å². The standard InChI is InChI=1S/C23H19NO3/c1-15-13-18(16-7-3-2-4-8-16)19(11-12-25)23(14-24)21(26)17-9-5-6-10-20(17)27-22(15)23/h2-10,12-13,15,19,22H,11H2,1H3/t15-,19-,22-,23-/m0/s1. The maximum absolute atomic E-state index is 13.6. The third kappa shape index (κ3) is 2.43. The maximum Gasteiger partial charge on any atom is 0.191 e. The van der Waals surface area contributed by atoms with Crippen LogP contribution < -0.4 is 4.74 Å². The highest BCUT2D eigenvalue weighted by atomic mass is 16.5. The van der Waals surface area contributed by atoms with E-state index in [1.54, 1.807) is 18.2 Å². The highest BCUT2D eigenvalue weighted by molar-refractivity contribution is 6.07. The molecule has 1 heterocycles. The first-order chi connectivity index (χ1) is 13.1. The van der Waals surface area contributed by atoms with E-state index in [2.05, 4.69) is 6.07 Å². The molecule has 1 aliphatic heterocycles. The van der Waals surface area contributed by atoms with Crippen LogP contribution in [0.3, 0.4) is 0 Å². The molecule has 0 fully saturated rings. The molecule has 2 aliphatic rings. The van der Waals surface area contributed by atoms with Gasteiger partial charge in [-0.1, -0.05) is 55.5 Å². The summed E-state index contributed by atoms with van der Waals surface area (Å²) >= 11 is 0. The maximum atomic E-state index is 13.6. The van der Waals surface area contributed by atoms with Gasteiger partial charge in [-0.15, -0.1) is 0 Å². The largest absolute Gasteiger partial charge is 0.487 e. The molecular formula is C23H19NO3. The van der Waals surface area contributed by atoms with Gasteiger partial charge in [0.15, 0.2) is 11.2 Å². The number of nitrogens with zero attached hydrogens (tertiary/aromatic N) is 1. The zero-order chi connectivity index (χ0) is 19.0. The lowest BCUT2D eigenvalue weighted by molar-refractivity contribution is -0.109. The van der Waals surface area contributed by atoms with Gasteiger partial charge < -0.3 is 9.53 Å². The number of allylic oxidation sites excluding steroid dienone is 1. The number of para-hydroxylation sites is 1. The molecule has 0 saturated carbocycles. The number of carbonyl (C=O) groups is 2. The quantitative estimate of drug-likeness (QED) is 0.776. The minimum atomic E-state index is -1.42. The second kappa shape index (κ2) is 6.51.